The zero-order valence-corrected chi connectivity index (χ0v) is 12.3. The van der Waals surface area contributed by atoms with E-state index in [2.05, 4.69) is 44.0 Å². The summed E-state index contributed by atoms with van der Waals surface area (Å²) in [6, 6.07) is 6.46. The molecule has 0 aliphatic carbocycles. The third-order valence-corrected chi connectivity index (χ3v) is 4.80. The van der Waals surface area contributed by atoms with E-state index in [0.29, 0.717) is 5.13 Å². The van der Waals surface area contributed by atoms with Crippen LogP contribution in [0.25, 0.3) is 0 Å². The maximum Gasteiger partial charge on any atom is 0.180 e. The van der Waals surface area contributed by atoms with Crippen LogP contribution in [0.5, 0.6) is 0 Å². The summed E-state index contributed by atoms with van der Waals surface area (Å²) in [5.74, 6) is 0. The minimum atomic E-state index is 0.656. The topological polar surface area (TPSA) is 42.1 Å². The molecule has 3 rings (SSSR count). The van der Waals surface area contributed by atoms with Gasteiger partial charge in [-0.25, -0.2) is 4.98 Å². The molecule has 1 aromatic heterocycles. The van der Waals surface area contributed by atoms with Crippen molar-refractivity contribution in [3.63, 3.8) is 0 Å². The van der Waals surface area contributed by atoms with Crippen LogP contribution in [0.1, 0.15) is 16.0 Å². The molecule has 18 heavy (non-hydrogen) atoms. The van der Waals surface area contributed by atoms with Gasteiger partial charge in [-0.1, -0.05) is 28.1 Å². The monoisotopic (exact) mass is 323 g/mol. The Morgan fingerprint density at radius 1 is 1.44 bits per heavy atom. The molecule has 0 bridgehead atoms. The largest absolute Gasteiger partial charge is 0.375 e. The van der Waals surface area contributed by atoms with E-state index < -0.39 is 0 Å². The summed E-state index contributed by atoms with van der Waals surface area (Å²) in [5, 5.41) is 0.656. The number of nitrogen functional groups attached to an aromatic ring is 1. The van der Waals surface area contributed by atoms with Crippen molar-refractivity contribution in [3.05, 3.63) is 44.9 Å². The highest BCUT2D eigenvalue weighted by Crippen LogP contribution is 2.28. The van der Waals surface area contributed by atoms with Gasteiger partial charge < -0.3 is 5.73 Å². The van der Waals surface area contributed by atoms with Gasteiger partial charge >= 0.3 is 0 Å². The molecule has 0 spiro atoms. The van der Waals surface area contributed by atoms with E-state index in [0.717, 1.165) is 26.1 Å². The van der Waals surface area contributed by atoms with Gasteiger partial charge in [0.1, 0.15) is 0 Å². The van der Waals surface area contributed by atoms with Crippen molar-refractivity contribution in [2.75, 3.05) is 12.3 Å². The summed E-state index contributed by atoms with van der Waals surface area (Å²) in [4.78, 5) is 7.79. The van der Waals surface area contributed by atoms with Gasteiger partial charge in [0.2, 0.25) is 0 Å². The fourth-order valence-corrected chi connectivity index (χ4v) is 3.61. The Hall–Kier alpha value is -0.910. The molecule has 1 aromatic carbocycles. The highest BCUT2D eigenvalue weighted by atomic mass is 79.9. The van der Waals surface area contributed by atoms with Gasteiger partial charge in [0.25, 0.3) is 0 Å². The number of hydrogen-bond donors (Lipinski definition) is 1. The minimum Gasteiger partial charge on any atom is -0.375 e. The molecule has 2 heterocycles. The highest BCUT2D eigenvalue weighted by Gasteiger charge is 2.18. The lowest BCUT2D eigenvalue weighted by Crippen LogP contribution is -2.30. The Balaban J connectivity index is 1.76. The van der Waals surface area contributed by atoms with Crippen molar-refractivity contribution in [2.45, 2.75) is 19.5 Å². The number of fused-ring (bicyclic) bond motifs is 1. The molecule has 0 saturated carbocycles. The molecule has 0 saturated heterocycles. The molecule has 0 amide bonds. The fraction of sp³-hybridized carbons (Fsp3) is 0.308. The van der Waals surface area contributed by atoms with Crippen molar-refractivity contribution in [1.29, 1.82) is 0 Å². The van der Waals surface area contributed by atoms with Crippen molar-refractivity contribution in [3.8, 4) is 0 Å². The number of thiazole rings is 1. The summed E-state index contributed by atoms with van der Waals surface area (Å²) in [6.07, 6.45) is 3.00. The Morgan fingerprint density at radius 3 is 3.11 bits per heavy atom. The van der Waals surface area contributed by atoms with E-state index in [1.54, 1.807) is 11.3 Å². The van der Waals surface area contributed by atoms with Crippen LogP contribution in [0.3, 0.4) is 0 Å². The van der Waals surface area contributed by atoms with E-state index in [1.807, 2.05) is 6.20 Å². The Labute approximate surface area is 119 Å². The molecule has 1 aliphatic rings. The second-order valence-corrected chi connectivity index (χ2v) is 6.50. The first kappa shape index (κ1) is 12.1. The van der Waals surface area contributed by atoms with Crippen LogP contribution in [-0.2, 0) is 19.5 Å². The van der Waals surface area contributed by atoms with Crippen LogP contribution in [0.4, 0.5) is 5.13 Å². The predicted octanol–water partition coefficient (Wildman–Crippen LogP) is 3.05. The molecular formula is C13H14BrN3S. The van der Waals surface area contributed by atoms with E-state index >= 15 is 0 Å². The average Bonchev–Trinajstić information content (AvgIpc) is 2.76. The van der Waals surface area contributed by atoms with Gasteiger partial charge in [-0.15, -0.1) is 11.3 Å². The summed E-state index contributed by atoms with van der Waals surface area (Å²) in [6.45, 7) is 3.03. The molecule has 1 aliphatic heterocycles. The van der Waals surface area contributed by atoms with Crippen molar-refractivity contribution in [1.82, 2.24) is 9.88 Å². The molecule has 5 heteroatoms. The Kier molecular flexibility index (Phi) is 3.37. The Bertz CT molecular complexity index is 567. The first-order valence-electron chi connectivity index (χ1n) is 5.91. The van der Waals surface area contributed by atoms with Crippen LogP contribution in [0.15, 0.2) is 28.9 Å². The maximum atomic E-state index is 5.67. The third-order valence-electron chi connectivity index (χ3n) is 3.25. The van der Waals surface area contributed by atoms with Crippen molar-refractivity contribution in [2.24, 2.45) is 0 Å². The zero-order valence-electron chi connectivity index (χ0n) is 9.90. The van der Waals surface area contributed by atoms with E-state index in [1.165, 1.54) is 20.5 Å². The first-order chi connectivity index (χ1) is 8.72. The smallest absolute Gasteiger partial charge is 0.180 e. The van der Waals surface area contributed by atoms with Gasteiger partial charge in [0.15, 0.2) is 5.13 Å². The van der Waals surface area contributed by atoms with Gasteiger partial charge in [-0.3, -0.25) is 4.90 Å². The molecule has 3 nitrogen and oxygen atoms in total. The SMILES string of the molecule is Nc1ncc(CN2CCc3cccc(Br)c3C2)s1. The zero-order chi connectivity index (χ0) is 12.5. The average molecular weight is 324 g/mol. The molecule has 2 aromatic rings. The lowest BCUT2D eigenvalue weighted by molar-refractivity contribution is 0.247. The number of aromatic nitrogens is 1. The standard InChI is InChI=1S/C13H14BrN3S/c14-12-3-1-2-9-4-5-17(8-11(9)12)7-10-6-16-13(15)18-10/h1-3,6H,4-5,7-8H2,(H2,15,16). The summed E-state index contributed by atoms with van der Waals surface area (Å²) < 4.78 is 1.22. The molecule has 2 N–H and O–H groups in total. The van der Waals surface area contributed by atoms with Crippen LogP contribution >= 0.6 is 27.3 Å². The molecule has 0 fully saturated rings. The van der Waals surface area contributed by atoms with Crippen LogP contribution < -0.4 is 5.73 Å². The third kappa shape index (κ3) is 2.43. The van der Waals surface area contributed by atoms with Crippen LogP contribution in [0, 0.1) is 0 Å². The number of halogens is 1. The number of anilines is 1. The van der Waals surface area contributed by atoms with Crippen LogP contribution in [0.2, 0.25) is 0 Å². The second-order valence-electron chi connectivity index (χ2n) is 4.50. The summed E-state index contributed by atoms with van der Waals surface area (Å²) >= 11 is 5.22. The molecular weight excluding hydrogens is 310 g/mol. The quantitative estimate of drug-likeness (QED) is 0.923. The molecule has 0 atom stereocenters. The van der Waals surface area contributed by atoms with Crippen LogP contribution in [-0.4, -0.2) is 16.4 Å². The normalized spacial score (nSPS) is 15.6. The van der Waals surface area contributed by atoms with E-state index in [9.17, 15) is 0 Å². The van der Waals surface area contributed by atoms with Gasteiger partial charge in [0.05, 0.1) is 0 Å². The fourth-order valence-electron chi connectivity index (χ4n) is 2.35. The summed E-state index contributed by atoms with van der Waals surface area (Å²) in [7, 11) is 0. The lowest BCUT2D eigenvalue weighted by Gasteiger charge is -2.28. The van der Waals surface area contributed by atoms with E-state index in [-0.39, 0.29) is 0 Å². The predicted molar refractivity (Wildman–Crippen MR) is 78.5 cm³/mol. The molecule has 0 radical (unpaired) electrons. The molecule has 94 valence electrons. The minimum absolute atomic E-state index is 0.656. The van der Waals surface area contributed by atoms with Crippen molar-refractivity contribution < 1.29 is 0 Å². The number of nitrogens with zero attached hydrogens (tertiary/aromatic N) is 2. The van der Waals surface area contributed by atoms with Gasteiger partial charge in [-0.05, 0) is 23.6 Å². The maximum absolute atomic E-state index is 5.67. The number of nitrogens with two attached hydrogens (primary N) is 1. The lowest BCUT2D eigenvalue weighted by atomic mass is 10.00. The number of rotatable bonds is 2. The Morgan fingerprint density at radius 2 is 2.33 bits per heavy atom. The highest BCUT2D eigenvalue weighted by molar-refractivity contribution is 9.10. The summed E-state index contributed by atoms with van der Waals surface area (Å²) in [5.41, 5.74) is 8.55. The number of benzene rings is 1. The molecule has 0 unspecified atom stereocenters. The second kappa shape index (κ2) is 4.99. The van der Waals surface area contributed by atoms with Gasteiger partial charge in [-0.2, -0.15) is 0 Å². The first-order valence-corrected chi connectivity index (χ1v) is 7.52. The van der Waals surface area contributed by atoms with E-state index in [4.69, 9.17) is 5.73 Å². The van der Waals surface area contributed by atoms with Crippen molar-refractivity contribution >= 4 is 32.4 Å². The number of hydrogen-bond acceptors (Lipinski definition) is 4. The van der Waals surface area contributed by atoms with Gasteiger partial charge in [0, 0.05) is 35.2 Å².